The van der Waals surface area contributed by atoms with E-state index in [4.69, 9.17) is 42.4 Å². The first-order valence-corrected chi connectivity index (χ1v) is 10.7. The topological polar surface area (TPSA) is 43.3 Å². The van der Waals surface area contributed by atoms with Crippen molar-refractivity contribution in [2.75, 3.05) is 21.3 Å². The van der Waals surface area contributed by atoms with Crippen molar-refractivity contribution in [1.29, 1.82) is 0 Å². The smallest absolute Gasteiger partial charge is 0.203 e. The van der Waals surface area contributed by atoms with E-state index in [9.17, 15) is 0 Å². The Balaban J connectivity index is 1.85. The molecule has 4 rings (SSSR count). The maximum absolute atomic E-state index is 6.25. The van der Waals surface area contributed by atoms with Crippen molar-refractivity contribution < 1.29 is 14.2 Å². The summed E-state index contributed by atoms with van der Waals surface area (Å²) >= 11 is 14.0. The molecule has 2 aromatic rings. The van der Waals surface area contributed by atoms with Gasteiger partial charge in [-0.15, -0.1) is 0 Å². The largest absolute Gasteiger partial charge is 0.493 e. The Bertz CT molecular complexity index is 1070. The lowest BCUT2D eigenvalue weighted by molar-refractivity contribution is 0.322. The molecule has 156 valence electrons. The third-order valence-electron chi connectivity index (χ3n) is 4.87. The molecule has 2 heterocycles. The molecular weight excluding hydrogens is 443 g/mol. The minimum Gasteiger partial charge on any atom is -0.493 e. The predicted molar refractivity (Wildman–Crippen MR) is 124 cm³/mol. The number of amidine groups is 1. The Labute approximate surface area is 189 Å². The van der Waals surface area contributed by atoms with Gasteiger partial charge in [-0.2, -0.15) is 0 Å². The van der Waals surface area contributed by atoms with Crippen molar-refractivity contribution >= 4 is 45.8 Å². The SMILES string of the molecule is COc1cc(C2C=C(c3ccc(Cl)c(Cl)c3)N=C3SC(C)=CN32)cc(OC)c1OC. The first-order valence-electron chi connectivity index (χ1n) is 9.15. The second-order valence-corrected chi connectivity index (χ2v) is 8.76. The zero-order valence-corrected chi connectivity index (χ0v) is 19.2. The molecule has 0 aliphatic carbocycles. The Morgan fingerprint density at radius 2 is 1.67 bits per heavy atom. The van der Waals surface area contributed by atoms with Crippen LogP contribution in [0, 0.1) is 0 Å². The molecule has 0 fully saturated rings. The van der Waals surface area contributed by atoms with Gasteiger partial charge < -0.3 is 19.1 Å². The van der Waals surface area contributed by atoms with Crippen LogP contribution in [0.3, 0.4) is 0 Å². The average Bonchev–Trinajstić information content (AvgIpc) is 3.13. The van der Waals surface area contributed by atoms with Crippen molar-refractivity contribution in [2.45, 2.75) is 13.0 Å². The molecule has 2 aliphatic rings. The van der Waals surface area contributed by atoms with Crippen molar-refractivity contribution in [2.24, 2.45) is 4.99 Å². The Kier molecular flexibility index (Phi) is 5.91. The summed E-state index contributed by atoms with van der Waals surface area (Å²) in [6.45, 7) is 2.07. The molecule has 0 saturated heterocycles. The summed E-state index contributed by atoms with van der Waals surface area (Å²) in [7, 11) is 4.82. The van der Waals surface area contributed by atoms with E-state index in [0.717, 1.165) is 26.9 Å². The van der Waals surface area contributed by atoms with Crippen molar-refractivity contribution in [3.63, 3.8) is 0 Å². The van der Waals surface area contributed by atoms with Crippen LogP contribution < -0.4 is 14.2 Å². The second-order valence-electron chi connectivity index (χ2n) is 6.73. The molecule has 0 N–H and O–H groups in total. The van der Waals surface area contributed by atoms with Gasteiger partial charge in [0.05, 0.1) is 43.1 Å². The van der Waals surface area contributed by atoms with Gasteiger partial charge in [0.15, 0.2) is 16.7 Å². The van der Waals surface area contributed by atoms with Crippen LogP contribution in [0.4, 0.5) is 0 Å². The number of halogens is 2. The molecule has 1 atom stereocenters. The summed E-state index contributed by atoms with van der Waals surface area (Å²) in [5.41, 5.74) is 2.72. The number of nitrogens with zero attached hydrogens (tertiary/aromatic N) is 2. The summed E-state index contributed by atoms with van der Waals surface area (Å²) in [5, 5.41) is 1.91. The van der Waals surface area contributed by atoms with Crippen LogP contribution in [0.25, 0.3) is 5.70 Å². The zero-order valence-electron chi connectivity index (χ0n) is 16.9. The van der Waals surface area contributed by atoms with Crippen LogP contribution in [0.1, 0.15) is 24.1 Å². The van der Waals surface area contributed by atoms with Gasteiger partial charge in [0.25, 0.3) is 0 Å². The van der Waals surface area contributed by atoms with Crippen LogP contribution in [0.2, 0.25) is 10.0 Å². The van der Waals surface area contributed by atoms with E-state index in [2.05, 4.69) is 24.1 Å². The third kappa shape index (κ3) is 3.75. The molecular formula is C22H20Cl2N2O3S. The quantitative estimate of drug-likeness (QED) is 0.515. The molecule has 8 heteroatoms. The molecule has 0 spiro atoms. The molecule has 0 aromatic heterocycles. The van der Waals surface area contributed by atoms with E-state index in [0.29, 0.717) is 27.3 Å². The van der Waals surface area contributed by atoms with Gasteiger partial charge >= 0.3 is 0 Å². The van der Waals surface area contributed by atoms with E-state index < -0.39 is 0 Å². The summed E-state index contributed by atoms with van der Waals surface area (Å²) in [6, 6.07) is 9.36. The molecule has 30 heavy (non-hydrogen) atoms. The summed E-state index contributed by atoms with van der Waals surface area (Å²) in [5.74, 6) is 1.77. The highest BCUT2D eigenvalue weighted by Gasteiger charge is 2.32. The summed E-state index contributed by atoms with van der Waals surface area (Å²) < 4.78 is 16.6. The second kappa shape index (κ2) is 8.46. The van der Waals surface area contributed by atoms with Gasteiger partial charge in [0.1, 0.15) is 0 Å². The molecule has 0 saturated carbocycles. The zero-order chi connectivity index (χ0) is 21.4. The molecule has 0 bridgehead atoms. The van der Waals surface area contributed by atoms with E-state index in [1.165, 1.54) is 0 Å². The fraction of sp³-hybridized carbons (Fsp3) is 0.227. The van der Waals surface area contributed by atoms with Crippen molar-refractivity contribution in [1.82, 2.24) is 4.90 Å². The van der Waals surface area contributed by atoms with Crippen molar-refractivity contribution in [3.05, 3.63) is 68.7 Å². The molecule has 0 amide bonds. The number of hydrogen-bond acceptors (Lipinski definition) is 6. The maximum Gasteiger partial charge on any atom is 0.203 e. The van der Waals surface area contributed by atoms with Crippen LogP contribution in [-0.4, -0.2) is 31.4 Å². The van der Waals surface area contributed by atoms with Crippen LogP contribution in [0.5, 0.6) is 17.2 Å². The minimum atomic E-state index is -0.111. The monoisotopic (exact) mass is 462 g/mol. The van der Waals surface area contributed by atoms with E-state index in [1.807, 2.05) is 24.3 Å². The number of ether oxygens (including phenoxy) is 3. The van der Waals surface area contributed by atoms with Crippen molar-refractivity contribution in [3.8, 4) is 17.2 Å². The summed E-state index contributed by atoms with van der Waals surface area (Å²) in [6.07, 6.45) is 4.19. The number of benzene rings is 2. The Hall–Kier alpha value is -2.28. The van der Waals surface area contributed by atoms with E-state index in [-0.39, 0.29) is 6.04 Å². The number of methoxy groups -OCH3 is 3. The number of hydrogen-bond donors (Lipinski definition) is 0. The maximum atomic E-state index is 6.25. The fourth-order valence-electron chi connectivity index (χ4n) is 3.47. The van der Waals surface area contributed by atoms with Gasteiger partial charge in [0.2, 0.25) is 5.75 Å². The Morgan fingerprint density at radius 1 is 0.967 bits per heavy atom. The molecule has 2 aliphatic heterocycles. The number of allylic oxidation sites excluding steroid dienone is 1. The predicted octanol–water partition coefficient (Wildman–Crippen LogP) is 6.38. The van der Waals surface area contributed by atoms with Gasteiger partial charge in [-0.05, 0) is 42.8 Å². The standard InChI is InChI=1S/C22H20Cl2N2O3S/c1-12-11-26-18(14-8-19(27-2)21(29-4)20(9-14)28-3)10-17(25-22(26)30-12)13-5-6-15(23)16(24)7-13/h5-11,18H,1-4H3. The summed E-state index contributed by atoms with van der Waals surface area (Å²) in [4.78, 5) is 8.16. The highest BCUT2D eigenvalue weighted by molar-refractivity contribution is 8.17. The van der Waals surface area contributed by atoms with Crippen LogP contribution in [-0.2, 0) is 0 Å². The lowest BCUT2D eigenvalue weighted by Gasteiger charge is -2.30. The van der Waals surface area contributed by atoms with Gasteiger partial charge in [-0.1, -0.05) is 41.0 Å². The molecule has 5 nitrogen and oxygen atoms in total. The lowest BCUT2D eigenvalue weighted by atomic mass is 10.00. The first kappa shape index (κ1) is 21.0. The van der Waals surface area contributed by atoms with Gasteiger partial charge in [0, 0.05) is 16.7 Å². The third-order valence-corrected chi connectivity index (χ3v) is 6.52. The van der Waals surface area contributed by atoms with Crippen LogP contribution in [0.15, 0.2) is 52.5 Å². The normalized spacial score (nSPS) is 17.7. The lowest BCUT2D eigenvalue weighted by Crippen LogP contribution is -2.27. The van der Waals surface area contributed by atoms with Gasteiger partial charge in [-0.25, -0.2) is 4.99 Å². The highest BCUT2D eigenvalue weighted by atomic mass is 35.5. The number of aliphatic imine (C=N–C) groups is 1. The van der Waals surface area contributed by atoms with Gasteiger partial charge in [-0.3, -0.25) is 0 Å². The molecule has 1 unspecified atom stereocenters. The molecule has 0 radical (unpaired) electrons. The van der Waals surface area contributed by atoms with E-state index >= 15 is 0 Å². The number of rotatable bonds is 5. The highest BCUT2D eigenvalue weighted by Crippen LogP contribution is 2.46. The average molecular weight is 463 g/mol. The first-order chi connectivity index (χ1) is 14.4. The number of thioether (sulfide) groups is 1. The molecule has 2 aromatic carbocycles. The number of fused-ring (bicyclic) bond motifs is 1. The minimum absolute atomic E-state index is 0.111. The Morgan fingerprint density at radius 3 is 2.27 bits per heavy atom. The van der Waals surface area contributed by atoms with E-state index in [1.54, 1.807) is 39.2 Å². The van der Waals surface area contributed by atoms with Crippen LogP contribution >= 0.6 is 35.0 Å². The fourth-order valence-corrected chi connectivity index (χ4v) is 4.64.